The lowest BCUT2D eigenvalue weighted by molar-refractivity contribution is -0.128. The van der Waals surface area contributed by atoms with E-state index in [1.165, 1.54) is 0 Å². The summed E-state index contributed by atoms with van der Waals surface area (Å²) in [6.45, 7) is 1.64. The molecular formula is C5H9NO3. The molecule has 0 bridgehead atoms. The summed E-state index contributed by atoms with van der Waals surface area (Å²) in [4.78, 5) is 10.5. The summed E-state index contributed by atoms with van der Waals surface area (Å²) in [6.07, 6.45) is -2.18. The standard InChI is InChI=1S/C5H9NO3/c1-2-3(7)4(8)5(9)6-2/h2-4,7-8H,1H3,(H,6,9)/t2?,3-,4-/m1/s1. The van der Waals surface area contributed by atoms with Crippen LogP contribution in [0, 0.1) is 0 Å². The first-order chi connectivity index (χ1) is 4.13. The molecule has 4 nitrogen and oxygen atoms in total. The second-order valence-electron chi connectivity index (χ2n) is 2.23. The van der Waals surface area contributed by atoms with Gasteiger partial charge >= 0.3 is 0 Å². The number of amides is 1. The van der Waals surface area contributed by atoms with Gasteiger partial charge < -0.3 is 15.5 Å². The highest BCUT2D eigenvalue weighted by Crippen LogP contribution is 2.07. The van der Waals surface area contributed by atoms with Gasteiger partial charge in [0.05, 0.1) is 6.04 Å². The van der Waals surface area contributed by atoms with Crippen LogP contribution >= 0.6 is 0 Å². The monoisotopic (exact) mass is 131 g/mol. The first-order valence-corrected chi connectivity index (χ1v) is 2.79. The van der Waals surface area contributed by atoms with Crippen molar-refractivity contribution >= 4 is 5.91 Å². The smallest absolute Gasteiger partial charge is 0.251 e. The summed E-state index contributed by atoms with van der Waals surface area (Å²) in [5.74, 6) is -0.491. The highest BCUT2D eigenvalue weighted by molar-refractivity contribution is 5.84. The lowest BCUT2D eigenvalue weighted by Crippen LogP contribution is -2.29. The van der Waals surface area contributed by atoms with Crippen molar-refractivity contribution in [2.24, 2.45) is 0 Å². The Bertz CT molecular complexity index is 136. The van der Waals surface area contributed by atoms with Crippen molar-refractivity contribution < 1.29 is 15.0 Å². The Hall–Kier alpha value is -0.610. The van der Waals surface area contributed by atoms with Crippen LogP contribution in [0.2, 0.25) is 0 Å². The van der Waals surface area contributed by atoms with Gasteiger partial charge in [0.1, 0.15) is 6.10 Å². The molecule has 9 heavy (non-hydrogen) atoms. The molecule has 1 saturated heterocycles. The van der Waals surface area contributed by atoms with Crippen LogP contribution in [0.3, 0.4) is 0 Å². The van der Waals surface area contributed by atoms with Gasteiger partial charge in [-0.15, -0.1) is 0 Å². The molecule has 0 aromatic rings. The number of aliphatic hydroxyl groups excluding tert-OH is 2. The first kappa shape index (κ1) is 6.51. The molecule has 0 aromatic heterocycles. The second kappa shape index (κ2) is 1.97. The molecule has 0 spiro atoms. The van der Waals surface area contributed by atoms with Gasteiger partial charge in [-0.2, -0.15) is 0 Å². The molecule has 1 aliphatic heterocycles. The van der Waals surface area contributed by atoms with E-state index in [1.54, 1.807) is 6.92 Å². The minimum absolute atomic E-state index is 0.326. The summed E-state index contributed by atoms with van der Waals surface area (Å²) < 4.78 is 0. The maximum atomic E-state index is 10.5. The zero-order chi connectivity index (χ0) is 7.02. The van der Waals surface area contributed by atoms with Crippen LogP contribution in [0.15, 0.2) is 0 Å². The number of nitrogens with one attached hydrogen (secondary N) is 1. The topological polar surface area (TPSA) is 69.6 Å². The largest absolute Gasteiger partial charge is 0.388 e. The van der Waals surface area contributed by atoms with Crippen LogP contribution in [0.5, 0.6) is 0 Å². The van der Waals surface area contributed by atoms with E-state index < -0.39 is 18.1 Å². The van der Waals surface area contributed by atoms with E-state index in [1.807, 2.05) is 0 Å². The average molecular weight is 131 g/mol. The SMILES string of the molecule is CC1NC(=O)[C@H](O)[C@@H]1O. The van der Waals surface area contributed by atoms with Crippen LogP contribution in [-0.4, -0.2) is 34.4 Å². The molecule has 3 atom stereocenters. The third kappa shape index (κ3) is 0.906. The molecule has 0 aromatic carbocycles. The fourth-order valence-electron chi connectivity index (χ4n) is 0.824. The Labute approximate surface area is 52.5 Å². The Balaban J connectivity index is 2.65. The van der Waals surface area contributed by atoms with E-state index in [0.717, 1.165) is 0 Å². The number of hydrogen-bond acceptors (Lipinski definition) is 3. The average Bonchev–Trinajstić information content (AvgIpc) is 1.98. The van der Waals surface area contributed by atoms with Gasteiger partial charge in [-0.3, -0.25) is 4.79 Å². The zero-order valence-corrected chi connectivity index (χ0v) is 5.03. The molecule has 3 N–H and O–H groups in total. The Morgan fingerprint density at radius 3 is 2.22 bits per heavy atom. The van der Waals surface area contributed by atoms with Crippen LogP contribution in [0.4, 0.5) is 0 Å². The molecular weight excluding hydrogens is 122 g/mol. The van der Waals surface area contributed by atoms with E-state index >= 15 is 0 Å². The minimum Gasteiger partial charge on any atom is -0.388 e. The fourth-order valence-corrected chi connectivity index (χ4v) is 0.824. The van der Waals surface area contributed by atoms with Gasteiger partial charge in [0.25, 0.3) is 5.91 Å². The van der Waals surface area contributed by atoms with E-state index in [4.69, 9.17) is 10.2 Å². The van der Waals surface area contributed by atoms with E-state index in [-0.39, 0.29) is 6.04 Å². The Morgan fingerprint density at radius 2 is 2.11 bits per heavy atom. The third-order valence-corrected chi connectivity index (χ3v) is 1.47. The summed E-state index contributed by atoms with van der Waals surface area (Å²) in [6, 6.07) is -0.326. The predicted molar refractivity (Wildman–Crippen MR) is 29.6 cm³/mol. The highest BCUT2D eigenvalue weighted by Gasteiger charge is 2.36. The zero-order valence-electron chi connectivity index (χ0n) is 5.03. The molecule has 0 aliphatic carbocycles. The molecule has 52 valence electrons. The maximum absolute atomic E-state index is 10.5. The molecule has 1 fully saturated rings. The number of carbonyl (C=O) groups excluding carboxylic acids is 1. The van der Waals surface area contributed by atoms with Crippen LogP contribution in [0.25, 0.3) is 0 Å². The van der Waals surface area contributed by atoms with Crippen molar-refractivity contribution in [1.29, 1.82) is 0 Å². The quantitative estimate of drug-likeness (QED) is 0.364. The number of hydrogen-bond donors (Lipinski definition) is 3. The summed E-state index contributed by atoms with van der Waals surface area (Å²) in [7, 11) is 0. The molecule has 0 saturated carbocycles. The number of rotatable bonds is 0. The van der Waals surface area contributed by atoms with E-state index in [0.29, 0.717) is 0 Å². The summed E-state index contributed by atoms with van der Waals surface area (Å²) in [5.41, 5.74) is 0. The molecule has 1 unspecified atom stereocenters. The number of carbonyl (C=O) groups is 1. The van der Waals surface area contributed by atoms with Crippen molar-refractivity contribution in [1.82, 2.24) is 5.32 Å². The Morgan fingerprint density at radius 1 is 1.56 bits per heavy atom. The maximum Gasteiger partial charge on any atom is 0.251 e. The predicted octanol–water partition coefficient (Wildman–Crippen LogP) is -1.77. The normalized spacial score (nSPS) is 43.0. The van der Waals surface area contributed by atoms with Crippen molar-refractivity contribution in [3.8, 4) is 0 Å². The van der Waals surface area contributed by atoms with Crippen molar-refractivity contribution in [3.05, 3.63) is 0 Å². The van der Waals surface area contributed by atoms with E-state index in [2.05, 4.69) is 5.32 Å². The van der Waals surface area contributed by atoms with Crippen molar-refractivity contribution in [2.45, 2.75) is 25.2 Å². The van der Waals surface area contributed by atoms with Crippen molar-refractivity contribution in [3.63, 3.8) is 0 Å². The lowest BCUT2D eigenvalue weighted by Gasteiger charge is -2.06. The molecule has 1 heterocycles. The van der Waals surface area contributed by atoms with Crippen LogP contribution in [-0.2, 0) is 4.79 Å². The fraction of sp³-hybridized carbons (Fsp3) is 0.800. The molecule has 4 heteroatoms. The van der Waals surface area contributed by atoms with Crippen molar-refractivity contribution in [2.75, 3.05) is 0 Å². The number of aliphatic hydroxyl groups is 2. The highest BCUT2D eigenvalue weighted by atomic mass is 16.3. The lowest BCUT2D eigenvalue weighted by atomic mass is 10.2. The van der Waals surface area contributed by atoms with Crippen LogP contribution < -0.4 is 5.32 Å². The molecule has 1 rings (SSSR count). The summed E-state index contributed by atoms with van der Waals surface area (Å²) >= 11 is 0. The van der Waals surface area contributed by atoms with Gasteiger partial charge in [0, 0.05) is 0 Å². The third-order valence-electron chi connectivity index (χ3n) is 1.47. The molecule has 1 amide bonds. The first-order valence-electron chi connectivity index (χ1n) is 2.79. The molecule has 1 aliphatic rings. The minimum atomic E-state index is -1.24. The Kier molecular flexibility index (Phi) is 1.42. The van der Waals surface area contributed by atoms with Gasteiger partial charge in [-0.1, -0.05) is 0 Å². The van der Waals surface area contributed by atoms with Crippen LogP contribution in [0.1, 0.15) is 6.92 Å². The summed E-state index contributed by atoms with van der Waals surface area (Å²) in [5, 5.41) is 20.1. The molecule has 0 radical (unpaired) electrons. The van der Waals surface area contributed by atoms with Gasteiger partial charge in [0.2, 0.25) is 0 Å². The second-order valence-corrected chi connectivity index (χ2v) is 2.23. The van der Waals surface area contributed by atoms with Gasteiger partial charge in [0.15, 0.2) is 6.10 Å². The van der Waals surface area contributed by atoms with Gasteiger partial charge in [-0.25, -0.2) is 0 Å². The van der Waals surface area contributed by atoms with Gasteiger partial charge in [-0.05, 0) is 6.92 Å². The van der Waals surface area contributed by atoms with E-state index in [9.17, 15) is 4.79 Å².